The molecule has 0 spiro atoms. The summed E-state index contributed by atoms with van der Waals surface area (Å²) in [6, 6.07) is 6.88. The van der Waals surface area contributed by atoms with Crippen molar-refractivity contribution in [3.8, 4) is 0 Å². The molecule has 0 radical (unpaired) electrons. The highest BCUT2D eigenvalue weighted by Gasteiger charge is 2.29. The zero-order chi connectivity index (χ0) is 13.8. The van der Waals surface area contributed by atoms with Crippen molar-refractivity contribution in [3.05, 3.63) is 35.4 Å². The number of carbonyl (C=O) groups excluding carboxylic acids is 1. The second kappa shape index (κ2) is 5.75. The van der Waals surface area contributed by atoms with Gasteiger partial charge in [0.2, 0.25) is 0 Å². The maximum absolute atomic E-state index is 11.8. The van der Waals surface area contributed by atoms with Gasteiger partial charge in [0, 0.05) is 0 Å². The molecular formula is C12H14F3NO2. The molecule has 0 bridgehead atoms. The summed E-state index contributed by atoms with van der Waals surface area (Å²) in [6.45, 7) is 1.95. The number of nitrogens with one attached hydrogen (secondary N) is 1. The van der Waals surface area contributed by atoms with E-state index in [1.807, 2.05) is 19.1 Å². The standard InChI is InChI=1S/C12H14F3NO2/c1-8-5-3-4-6-10(8)9(2)16-11(17)18-7-12(13,14)15/h3-6,9H,7H2,1-2H3,(H,16,17). The highest BCUT2D eigenvalue weighted by Crippen LogP contribution is 2.18. The van der Waals surface area contributed by atoms with Gasteiger partial charge in [0.25, 0.3) is 0 Å². The molecule has 1 rings (SSSR count). The van der Waals surface area contributed by atoms with Crippen LogP contribution in [-0.2, 0) is 4.74 Å². The fraction of sp³-hybridized carbons (Fsp3) is 0.417. The number of halogens is 3. The summed E-state index contributed by atoms with van der Waals surface area (Å²) in [6.07, 6.45) is -5.59. The van der Waals surface area contributed by atoms with E-state index >= 15 is 0 Å². The smallest absolute Gasteiger partial charge is 0.422 e. The molecule has 18 heavy (non-hydrogen) atoms. The van der Waals surface area contributed by atoms with Crippen LogP contribution in [-0.4, -0.2) is 18.9 Å². The van der Waals surface area contributed by atoms with Crippen LogP contribution in [0.15, 0.2) is 24.3 Å². The molecule has 1 unspecified atom stereocenters. The van der Waals surface area contributed by atoms with Gasteiger partial charge < -0.3 is 10.1 Å². The Balaban J connectivity index is 2.53. The molecule has 6 heteroatoms. The summed E-state index contributed by atoms with van der Waals surface area (Å²) in [5.74, 6) is 0. The SMILES string of the molecule is Cc1ccccc1C(C)NC(=O)OCC(F)(F)F. The van der Waals surface area contributed by atoms with Gasteiger partial charge in [0.15, 0.2) is 6.61 Å². The summed E-state index contributed by atoms with van der Waals surface area (Å²) in [4.78, 5) is 11.2. The third-order valence-electron chi connectivity index (χ3n) is 2.36. The van der Waals surface area contributed by atoms with Crippen LogP contribution in [0.3, 0.4) is 0 Å². The maximum atomic E-state index is 11.8. The zero-order valence-electron chi connectivity index (χ0n) is 10.0. The van der Waals surface area contributed by atoms with E-state index in [2.05, 4.69) is 10.1 Å². The number of ether oxygens (including phenoxy) is 1. The Morgan fingerprint density at radius 1 is 1.39 bits per heavy atom. The number of alkyl carbamates (subject to hydrolysis) is 1. The molecule has 3 nitrogen and oxygen atoms in total. The fourth-order valence-corrected chi connectivity index (χ4v) is 1.52. The molecule has 0 heterocycles. The first kappa shape index (κ1) is 14.3. The minimum absolute atomic E-state index is 0.410. The van der Waals surface area contributed by atoms with Crippen molar-refractivity contribution >= 4 is 6.09 Å². The lowest BCUT2D eigenvalue weighted by atomic mass is 10.0. The molecule has 0 saturated carbocycles. The Morgan fingerprint density at radius 3 is 2.56 bits per heavy atom. The molecule has 1 aromatic rings. The van der Waals surface area contributed by atoms with E-state index in [0.717, 1.165) is 11.1 Å². The first-order valence-corrected chi connectivity index (χ1v) is 5.35. The summed E-state index contributed by atoms with van der Waals surface area (Å²) in [5, 5.41) is 2.35. The topological polar surface area (TPSA) is 38.3 Å². The van der Waals surface area contributed by atoms with Gasteiger partial charge in [-0.25, -0.2) is 4.79 Å². The Bertz CT molecular complexity index is 418. The molecule has 0 fully saturated rings. The number of benzene rings is 1. The predicted octanol–water partition coefficient (Wildman–Crippen LogP) is 3.34. The average Bonchev–Trinajstić information content (AvgIpc) is 2.26. The average molecular weight is 261 g/mol. The molecule has 1 atom stereocenters. The molecule has 0 aliphatic heterocycles. The lowest BCUT2D eigenvalue weighted by Crippen LogP contribution is -2.31. The van der Waals surface area contributed by atoms with Gasteiger partial charge in [0.05, 0.1) is 6.04 Å². The van der Waals surface area contributed by atoms with Gasteiger partial charge in [-0.2, -0.15) is 13.2 Å². The zero-order valence-corrected chi connectivity index (χ0v) is 10.0. The molecule has 0 aliphatic carbocycles. The molecule has 100 valence electrons. The highest BCUT2D eigenvalue weighted by molar-refractivity contribution is 5.68. The number of amides is 1. The van der Waals surface area contributed by atoms with E-state index in [9.17, 15) is 18.0 Å². The molecule has 0 aromatic heterocycles. The van der Waals surface area contributed by atoms with E-state index in [1.165, 1.54) is 0 Å². The lowest BCUT2D eigenvalue weighted by molar-refractivity contribution is -0.160. The van der Waals surface area contributed by atoms with E-state index in [4.69, 9.17) is 0 Å². The molecule has 0 saturated heterocycles. The van der Waals surface area contributed by atoms with Crippen LogP contribution in [0.5, 0.6) is 0 Å². The first-order valence-electron chi connectivity index (χ1n) is 5.35. The maximum Gasteiger partial charge on any atom is 0.422 e. The van der Waals surface area contributed by atoms with Crippen molar-refractivity contribution in [3.63, 3.8) is 0 Å². The number of alkyl halides is 3. The van der Waals surface area contributed by atoms with E-state index < -0.39 is 24.9 Å². The molecule has 0 aliphatic rings. The largest absolute Gasteiger partial charge is 0.440 e. The van der Waals surface area contributed by atoms with Crippen molar-refractivity contribution in [2.24, 2.45) is 0 Å². The molecule has 1 aromatic carbocycles. The van der Waals surface area contributed by atoms with Crippen molar-refractivity contribution in [1.29, 1.82) is 0 Å². The van der Waals surface area contributed by atoms with Crippen LogP contribution in [0.4, 0.5) is 18.0 Å². The van der Waals surface area contributed by atoms with Crippen LogP contribution in [0.25, 0.3) is 0 Å². The van der Waals surface area contributed by atoms with Gasteiger partial charge >= 0.3 is 12.3 Å². The van der Waals surface area contributed by atoms with Crippen LogP contribution < -0.4 is 5.32 Å². The Kier molecular flexibility index (Phi) is 4.58. The summed E-state index contributed by atoms with van der Waals surface area (Å²) in [7, 11) is 0. The van der Waals surface area contributed by atoms with Crippen molar-refractivity contribution in [1.82, 2.24) is 5.32 Å². The van der Waals surface area contributed by atoms with Gasteiger partial charge in [-0.15, -0.1) is 0 Å². The lowest BCUT2D eigenvalue weighted by Gasteiger charge is -2.16. The Morgan fingerprint density at radius 2 is 2.00 bits per heavy atom. The fourth-order valence-electron chi connectivity index (χ4n) is 1.52. The number of hydrogen-bond acceptors (Lipinski definition) is 2. The van der Waals surface area contributed by atoms with Gasteiger partial charge in [0.1, 0.15) is 0 Å². The van der Waals surface area contributed by atoms with E-state index in [1.54, 1.807) is 19.1 Å². The minimum Gasteiger partial charge on any atom is -0.440 e. The number of hydrogen-bond donors (Lipinski definition) is 1. The summed E-state index contributed by atoms with van der Waals surface area (Å²) < 4.78 is 39.6. The minimum atomic E-state index is -4.51. The van der Waals surface area contributed by atoms with E-state index in [0.29, 0.717) is 0 Å². The van der Waals surface area contributed by atoms with Crippen LogP contribution >= 0.6 is 0 Å². The number of rotatable bonds is 3. The van der Waals surface area contributed by atoms with Gasteiger partial charge in [-0.3, -0.25) is 0 Å². The summed E-state index contributed by atoms with van der Waals surface area (Å²) in [5.41, 5.74) is 1.78. The number of aryl methyl sites for hydroxylation is 1. The van der Waals surface area contributed by atoms with Crippen LogP contribution in [0.2, 0.25) is 0 Å². The molecule has 1 amide bonds. The van der Waals surface area contributed by atoms with E-state index in [-0.39, 0.29) is 0 Å². The first-order chi connectivity index (χ1) is 8.29. The van der Waals surface area contributed by atoms with Crippen molar-refractivity contribution < 1.29 is 22.7 Å². The monoisotopic (exact) mass is 261 g/mol. The molecular weight excluding hydrogens is 247 g/mol. The molecule has 1 N–H and O–H groups in total. The summed E-state index contributed by atoms with van der Waals surface area (Å²) >= 11 is 0. The third kappa shape index (κ3) is 4.65. The number of carbonyl (C=O) groups is 1. The van der Waals surface area contributed by atoms with Crippen molar-refractivity contribution in [2.75, 3.05) is 6.61 Å². The highest BCUT2D eigenvalue weighted by atomic mass is 19.4. The predicted molar refractivity (Wildman–Crippen MR) is 60.1 cm³/mol. The van der Waals surface area contributed by atoms with Gasteiger partial charge in [-0.1, -0.05) is 24.3 Å². The second-order valence-electron chi connectivity index (χ2n) is 3.91. The quantitative estimate of drug-likeness (QED) is 0.906. The van der Waals surface area contributed by atoms with Crippen LogP contribution in [0, 0.1) is 6.92 Å². The van der Waals surface area contributed by atoms with Crippen LogP contribution in [0.1, 0.15) is 24.1 Å². The van der Waals surface area contributed by atoms with Crippen molar-refractivity contribution in [2.45, 2.75) is 26.1 Å². The third-order valence-corrected chi connectivity index (χ3v) is 2.36. The normalized spacial score (nSPS) is 12.9. The Labute approximate surface area is 103 Å². The van der Waals surface area contributed by atoms with Gasteiger partial charge in [-0.05, 0) is 25.0 Å². The Hall–Kier alpha value is -1.72. The second-order valence-corrected chi connectivity index (χ2v) is 3.91.